The molecule has 0 unspecified atom stereocenters. The third-order valence-corrected chi connectivity index (χ3v) is 5.21. The van der Waals surface area contributed by atoms with E-state index < -0.39 is 6.04 Å². The van der Waals surface area contributed by atoms with Crippen molar-refractivity contribution in [2.24, 2.45) is 0 Å². The third kappa shape index (κ3) is 6.86. The lowest BCUT2D eigenvalue weighted by Gasteiger charge is -2.31. The largest absolute Gasteiger partial charge is 0.484 e. The molecule has 0 heterocycles. The smallest absolute Gasteiger partial charge is 0.261 e. The Morgan fingerprint density at radius 3 is 2.22 bits per heavy atom. The molecule has 0 fully saturated rings. The number of nitrogens with zero attached hydrogens (tertiary/aromatic N) is 1. The molecule has 0 aliphatic carbocycles. The van der Waals surface area contributed by atoms with E-state index in [9.17, 15) is 9.59 Å². The van der Waals surface area contributed by atoms with Crippen LogP contribution in [0.3, 0.4) is 0 Å². The van der Waals surface area contributed by atoms with Gasteiger partial charge in [0.15, 0.2) is 6.61 Å². The molecule has 3 rings (SSSR count). The lowest BCUT2D eigenvalue weighted by atomic mass is 10.0. The van der Waals surface area contributed by atoms with E-state index in [-0.39, 0.29) is 18.4 Å². The van der Waals surface area contributed by atoms with Crippen LogP contribution in [0, 0.1) is 0 Å². The molecule has 1 atom stereocenters. The number of carbonyl (C=O) groups is 2. The molecule has 166 valence electrons. The zero-order valence-electron chi connectivity index (χ0n) is 18.0. The highest BCUT2D eigenvalue weighted by molar-refractivity contribution is 6.30. The van der Waals surface area contributed by atoms with Crippen LogP contribution in [0.4, 0.5) is 0 Å². The second kappa shape index (κ2) is 11.9. The van der Waals surface area contributed by atoms with Gasteiger partial charge in [0.2, 0.25) is 5.91 Å². The number of halogens is 1. The Bertz CT molecular complexity index is 1010. The maximum Gasteiger partial charge on any atom is 0.261 e. The molecule has 0 saturated carbocycles. The molecule has 3 aromatic rings. The zero-order valence-corrected chi connectivity index (χ0v) is 18.8. The molecule has 0 aliphatic heterocycles. The van der Waals surface area contributed by atoms with E-state index in [0.717, 1.165) is 11.1 Å². The van der Waals surface area contributed by atoms with E-state index in [0.29, 0.717) is 30.3 Å². The highest BCUT2D eigenvalue weighted by atomic mass is 35.5. The van der Waals surface area contributed by atoms with Crippen LogP contribution in [-0.4, -0.2) is 35.9 Å². The summed E-state index contributed by atoms with van der Waals surface area (Å²) in [5.41, 5.74) is 1.91. The number of ether oxygens (including phenoxy) is 1. The third-order valence-electron chi connectivity index (χ3n) is 4.98. The minimum Gasteiger partial charge on any atom is -0.484 e. The van der Waals surface area contributed by atoms with Crippen LogP contribution in [0.2, 0.25) is 5.02 Å². The molecule has 5 nitrogen and oxygen atoms in total. The number of hydrogen-bond acceptors (Lipinski definition) is 3. The first-order valence-corrected chi connectivity index (χ1v) is 11.0. The maximum absolute atomic E-state index is 13.3. The summed E-state index contributed by atoms with van der Waals surface area (Å²) >= 11 is 6.02. The second-order valence-electron chi connectivity index (χ2n) is 7.35. The standard InChI is InChI=1S/C26H27ClN2O3/c1-2-28-26(31)24(16-20-10-5-3-6-11-20)29(18-21-12-7-4-8-13-21)25(30)19-32-23-15-9-14-22(27)17-23/h3-15,17,24H,2,16,18-19H2,1H3,(H,28,31)/t24-/m1/s1. The van der Waals surface area contributed by atoms with Gasteiger partial charge in [-0.25, -0.2) is 0 Å². The van der Waals surface area contributed by atoms with Crippen molar-refractivity contribution in [3.05, 3.63) is 101 Å². The Morgan fingerprint density at radius 2 is 1.59 bits per heavy atom. The lowest BCUT2D eigenvalue weighted by Crippen LogP contribution is -2.51. The Kier molecular flexibility index (Phi) is 8.70. The van der Waals surface area contributed by atoms with Gasteiger partial charge < -0.3 is 15.0 Å². The molecular formula is C26H27ClN2O3. The molecule has 3 aromatic carbocycles. The first kappa shape index (κ1) is 23.4. The van der Waals surface area contributed by atoms with Crippen molar-refractivity contribution in [1.82, 2.24) is 10.2 Å². The summed E-state index contributed by atoms with van der Waals surface area (Å²) in [5, 5.41) is 3.41. The van der Waals surface area contributed by atoms with Crippen LogP contribution >= 0.6 is 11.6 Å². The van der Waals surface area contributed by atoms with Gasteiger partial charge in [-0.1, -0.05) is 78.3 Å². The van der Waals surface area contributed by atoms with Gasteiger partial charge in [-0.15, -0.1) is 0 Å². The van der Waals surface area contributed by atoms with Crippen molar-refractivity contribution >= 4 is 23.4 Å². The monoisotopic (exact) mass is 450 g/mol. The summed E-state index contributed by atoms with van der Waals surface area (Å²) in [6.45, 7) is 2.45. The predicted octanol–water partition coefficient (Wildman–Crippen LogP) is 4.50. The first-order chi connectivity index (χ1) is 15.6. The van der Waals surface area contributed by atoms with Crippen molar-refractivity contribution in [3.8, 4) is 5.75 Å². The van der Waals surface area contributed by atoms with Crippen molar-refractivity contribution in [2.45, 2.75) is 25.9 Å². The molecular weight excluding hydrogens is 424 g/mol. The van der Waals surface area contributed by atoms with Crippen molar-refractivity contribution in [3.63, 3.8) is 0 Å². The summed E-state index contributed by atoms with van der Waals surface area (Å²) in [6.07, 6.45) is 0.405. The molecule has 0 aliphatic rings. The van der Waals surface area contributed by atoms with Gasteiger partial charge in [0, 0.05) is 24.5 Å². The summed E-state index contributed by atoms with van der Waals surface area (Å²) in [6, 6.07) is 25.5. The van der Waals surface area contributed by atoms with Crippen molar-refractivity contribution in [2.75, 3.05) is 13.2 Å². The Labute approximate surface area is 194 Å². The van der Waals surface area contributed by atoms with Crippen LogP contribution in [0.15, 0.2) is 84.9 Å². The molecule has 0 aromatic heterocycles. The maximum atomic E-state index is 13.3. The van der Waals surface area contributed by atoms with Crippen LogP contribution in [0.5, 0.6) is 5.75 Å². The number of rotatable bonds is 10. The van der Waals surface area contributed by atoms with E-state index in [4.69, 9.17) is 16.3 Å². The van der Waals surface area contributed by atoms with E-state index in [1.54, 1.807) is 29.2 Å². The average Bonchev–Trinajstić information content (AvgIpc) is 2.81. The van der Waals surface area contributed by atoms with Gasteiger partial charge in [-0.05, 0) is 36.2 Å². The fourth-order valence-electron chi connectivity index (χ4n) is 3.41. The molecule has 32 heavy (non-hydrogen) atoms. The van der Waals surface area contributed by atoms with E-state index >= 15 is 0 Å². The minimum atomic E-state index is -0.673. The summed E-state index contributed by atoms with van der Waals surface area (Å²) in [4.78, 5) is 28.0. The summed E-state index contributed by atoms with van der Waals surface area (Å²) in [5.74, 6) is 0.0348. The fraction of sp³-hybridized carbons (Fsp3) is 0.231. The van der Waals surface area contributed by atoms with Crippen LogP contribution in [0.25, 0.3) is 0 Å². The number of amides is 2. The average molecular weight is 451 g/mol. The van der Waals surface area contributed by atoms with E-state index in [2.05, 4.69) is 5.32 Å². The Morgan fingerprint density at radius 1 is 0.938 bits per heavy atom. The van der Waals surface area contributed by atoms with E-state index in [1.807, 2.05) is 67.6 Å². The fourth-order valence-corrected chi connectivity index (χ4v) is 3.59. The number of nitrogens with one attached hydrogen (secondary N) is 1. The summed E-state index contributed by atoms with van der Waals surface area (Å²) < 4.78 is 5.70. The van der Waals surface area contributed by atoms with Crippen LogP contribution in [0.1, 0.15) is 18.1 Å². The van der Waals surface area contributed by atoms with Crippen LogP contribution < -0.4 is 10.1 Å². The molecule has 1 N–H and O–H groups in total. The minimum absolute atomic E-state index is 0.191. The van der Waals surface area contributed by atoms with Gasteiger partial charge in [0.1, 0.15) is 11.8 Å². The van der Waals surface area contributed by atoms with Crippen LogP contribution in [-0.2, 0) is 22.6 Å². The molecule has 2 amide bonds. The van der Waals surface area contributed by atoms with Gasteiger partial charge in [0.05, 0.1) is 0 Å². The van der Waals surface area contributed by atoms with Gasteiger partial charge in [0.25, 0.3) is 5.91 Å². The van der Waals surface area contributed by atoms with Gasteiger partial charge in [-0.3, -0.25) is 9.59 Å². The SMILES string of the molecule is CCNC(=O)[C@@H](Cc1ccccc1)N(Cc1ccccc1)C(=O)COc1cccc(Cl)c1. The highest BCUT2D eigenvalue weighted by Crippen LogP contribution is 2.19. The topological polar surface area (TPSA) is 58.6 Å². The highest BCUT2D eigenvalue weighted by Gasteiger charge is 2.30. The second-order valence-corrected chi connectivity index (χ2v) is 7.79. The van der Waals surface area contributed by atoms with Crippen molar-refractivity contribution < 1.29 is 14.3 Å². The van der Waals surface area contributed by atoms with Gasteiger partial charge >= 0.3 is 0 Å². The Balaban J connectivity index is 1.86. The first-order valence-electron chi connectivity index (χ1n) is 10.6. The van der Waals surface area contributed by atoms with E-state index in [1.165, 1.54) is 0 Å². The number of likely N-dealkylation sites (N-methyl/N-ethyl adjacent to an activating group) is 1. The zero-order chi connectivity index (χ0) is 22.8. The molecule has 0 bridgehead atoms. The van der Waals surface area contributed by atoms with Gasteiger partial charge in [-0.2, -0.15) is 0 Å². The number of hydrogen-bond donors (Lipinski definition) is 1. The summed E-state index contributed by atoms with van der Waals surface area (Å²) in [7, 11) is 0. The quantitative estimate of drug-likeness (QED) is 0.495. The number of carbonyl (C=O) groups excluding carboxylic acids is 2. The molecule has 0 radical (unpaired) electrons. The lowest BCUT2D eigenvalue weighted by molar-refractivity contribution is -0.142. The molecule has 0 saturated heterocycles. The Hall–Kier alpha value is -3.31. The van der Waals surface area contributed by atoms with Crippen molar-refractivity contribution in [1.29, 1.82) is 0 Å². The normalized spacial score (nSPS) is 11.4. The predicted molar refractivity (Wildman–Crippen MR) is 127 cm³/mol. The number of benzene rings is 3. The molecule has 6 heteroatoms. The molecule has 0 spiro atoms.